The van der Waals surface area contributed by atoms with Crippen LogP contribution in [0.5, 0.6) is 5.75 Å². The standard InChI is InChI=1S/C18H24NOP/c1-5-19-14(4)15-10-6-9-13(3)18(15)21-16-11-7-8-12(2)17(16)20/h6-11,14,19-21H,5H2,1-4H3. The summed E-state index contributed by atoms with van der Waals surface area (Å²) in [7, 11) is 0.477. The maximum Gasteiger partial charge on any atom is 0.126 e. The molecule has 2 unspecified atom stereocenters. The molecule has 0 aliphatic rings. The number of rotatable bonds is 5. The Balaban J connectivity index is 2.41. The Hall–Kier alpha value is -1.37. The van der Waals surface area contributed by atoms with E-state index < -0.39 is 0 Å². The molecule has 2 N–H and O–H groups in total. The van der Waals surface area contributed by atoms with Gasteiger partial charge >= 0.3 is 0 Å². The van der Waals surface area contributed by atoms with Crippen LogP contribution in [0.2, 0.25) is 0 Å². The summed E-state index contributed by atoms with van der Waals surface area (Å²) in [5.41, 5.74) is 3.56. The smallest absolute Gasteiger partial charge is 0.126 e. The van der Waals surface area contributed by atoms with E-state index in [1.165, 1.54) is 16.4 Å². The monoisotopic (exact) mass is 301 g/mol. The van der Waals surface area contributed by atoms with Crippen LogP contribution in [0.25, 0.3) is 0 Å². The Morgan fingerprint density at radius 2 is 1.76 bits per heavy atom. The molecule has 0 aliphatic carbocycles. The van der Waals surface area contributed by atoms with Crippen LogP contribution in [0.3, 0.4) is 0 Å². The van der Waals surface area contributed by atoms with E-state index in [1.807, 2.05) is 25.1 Å². The van der Waals surface area contributed by atoms with Crippen LogP contribution >= 0.6 is 8.58 Å². The van der Waals surface area contributed by atoms with Crippen molar-refractivity contribution in [2.75, 3.05) is 6.54 Å². The average Bonchev–Trinajstić information content (AvgIpc) is 2.46. The third kappa shape index (κ3) is 3.64. The molecule has 0 amide bonds. The first kappa shape index (κ1) is 16.0. The lowest BCUT2D eigenvalue weighted by atomic mass is 10.1. The molecule has 0 aliphatic heterocycles. The first-order valence-electron chi connectivity index (χ1n) is 7.43. The van der Waals surface area contributed by atoms with E-state index in [2.05, 4.69) is 44.3 Å². The van der Waals surface area contributed by atoms with Gasteiger partial charge in [-0.3, -0.25) is 0 Å². The van der Waals surface area contributed by atoms with Gasteiger partial charge in [-0.15, -0.1) is 0 Å². The highest BCUT2D eigenvalue weighted by molar-refractivity contribution is 7.56. The van der Waals surface area contributed by atoms with Gasteiger partial charge < -0.3 is 10.4 Å². The van der Waals surface area contributed by atoms with Crippen molar-refractivity contribution in [2.24, 2.45) is 0 Å². The van der Waals surface area contributed by atoms with Crippen molar-refractivity contribution >= 4 is 19.2 Å². The van der Waals surface area contributed by atoms with Gasteiger partial charge in [-0.2, -0.15) is 0 Å². The topological polar surface area (TPSA) is 32.3 Å². The van der Waals surface area contributed by atoms with Crippen molar-refractivity contribution in [1.82, 2.24) is 5.32 Å². The minimum atomic E-state index is 0.323. The number of aromatic hydroxyl groups is 1. The lowest BCUT2D eigenvalue weighted by Gasteiger charge is -2.20. The predicted molar refractivity (Wildman–Crippen MR) is 93.7 cm³/mol. The van der Waals surface area contributed by atoms with Gasteiger partial charge in [0, 0.05) is 11.3 Å². The van der Waals surface area contributed by atoms with Crippen molar-refractivity contribution < 1.29 is 5.11 Å². The molecule has 0 radical (unpaired) electrons. The van der Waals surface area contributed by atoms with Gasteiger partial charge in [-0.05, 0) is 49.3 Å². The summed E-state index contributed by atoms with van der Waals surface area (Å²) < 4.78 is 0. The number of benzene rings is 2. The van der Waals surface area contributed by atoms with Gasteiger partial charge in [-0.1, -0.05) is 51.9 Å². The molecule has 0 spiro atoms. The predicted octanol–water partition coefficient (Wildman–Crippen LogP) is 3.31. The Bertz CT molecular complexity index is 625. The van der Waals surface area contributed by atoms with Gasteiger partial charge in [0.2, 0.25) is 0 Å². The van der Waals surface area contributed by atoms with Crippen LogP contribution in [-0.2, 0) is 0 Å². The quantitative estimate of drug-likeness (QED) is 0.831. The molecule has 0 heterocycles. The number of phenolic OH excluding ortho intramolecular Hbond substituents is 1. The molecule has 2 atom stereocenters. The molecule has 0 saturated heterocycles. The van der Waals surface area contributed by atoms with Crippen molar-refractivity contribution in [3.63, 3.8) is 0 Å². The molecule has 2 aromatic rings. The van der Waals surface area contributed by atoms with Gasteiger partial charge in [0.25, 0.3) is 0 Å². The highest BCUT2D eigenvalue weighted by Crippen LogP contribution is 2.26. The SMILES string of the molecule is CCNC(C)c1cccc(C)c1Pc1cccc(C)c1O. The van der Waals surface area contributed by atoms with E-state index in [0.29, 0.717) is 20.4 Å². The van der Waals surface area contributed by atoms with Crippen LogP contribution < -0.4 is 15.9 Å². The fraction of sp³-hybridized carbons (Fsp3) is 0.333. The van der Waals surface area contributed by atoms with Crippen LogP contribution in [-0.4, -0.2) is 11.7 Å². The molecule has 112 valence electrons. The molecular weight excluding hydrogens is 277 g/mol. The zero-order valence-corrected chi connectivity index (χ0v) is 14.2. The van der Waals surface area contributed by atoms with E-state index in [-0.39, 0.29) is 0 Å². The highest BCUT2D eigenvalue weighted by Gasteiger charge is 2.14. The number of hydrogen-bond donors (Lipinski definition) is 2. The Morgan fingerprint density at radius 1 is 1.10 bits per heavy atom. The van der Waals surface area contributed by atoms with Gasteiger partial charge in [-0.25, -0.2) is 0 Å². The zero-order valence-electron chi connectivity index (χ0n) is 13.2. The number of nitrogens with one attached hydrogen (secondary N) is 1. The Morgan fingerprint density at radius 3 is 2.48 bits per heavy atom. The molecule has 0 saturated carbocycles. The lowest BCUT2D eigenvalue weighted by Crippen LogP contribution is -2.24. The number of aryl methyl sites for hydroxylation is 2. The third-order valence-electron chi connectivity index (χ3n) is 3.78. The molecule has 0 aromatic heterocycles. The third-order valence-corrected chi connectivity index (χ3v) is 5.39. The first-order valence-corrected chi connectivity index (χ1v) is 8.43. The molecule has 2 rings (SSSR count). The molecule has 0 bridgehead atoms. The number of para-hydroxylation sites is 1. The summed E-state index contributed by atoms with van der Waals surface area (Å²) in [4.78, 5) is 0. The molecular formula is C18H24NOP. The molecule has 21 heavy (non-hydrogen) atoms. The summed E-state index contributed by atoms with van der Waals surface area (Å²) in [6.45, 7) is 9.37. The molecule has 2 nitrogen and oxygen atoms in total. The minimum absolute atomic E-state index is 0.323. The summed E-state index contributed by atoms with van der Waals surface area (Å²) in [5, 5.41) is 16.1. The van der Waals surface area contributed by atoms with Gasteiger partial charge in [0.05, 0.1) is 0 Å². The van der Waals surface area contributed by atoms with Crippen molar-refractivity contribution in [3.8, 4) is 5.75 Å². The zero-order chi connectivity index (χ0) is 15.4. The summed E-state index contributed by atoms with van der Waals surface area (Å²) in [6, 6.07) is 12.8. The lowest BCUT2D eigenvalue weighted by molar-refractivity contribution is 0.475. The van der Waals surface area contributed by atoms with E-state index >= 15 is 0 Å². The van der Waals surface area contributed by atoms with E-state index in [9.17, 15) is 5.11 Å². The van der Waals surface area contributed by atoms with E-state index in [0.717, 1.165) is 17.4 Å². The second-order valence-electron chi connectivity index (χ2n) is 5.41. The summed E-state index contributed by atoms with van der Waals surface area (Å²) in [5.74, 6) is 0.432. The minimum Gasteiger partial charge on any atom is -0.507 e. The fourth-order valence-electron chi connectivity index (χ4n) is 2.53. The van der Waals surface area contributed by atoms with Crippen LogP contribution in [0, 0.1) is 13.8 Å². The van der Waals surface area contributed by atoms with Crippen LogP contribution in [0.15, 0.2) is 36.4 Å². The van der Waals surface area contributed by atoms with Gasteiger partial charge in [0.1, 0.15) is 5.75 Å². The first-order chi connectivity index (χ1) is 10.0. The summed E-state index contributed by atoms with van der Waals surface area (Å²) >= 11 is 0. The molecule has 0 fully saturated rings. The molecule has 2 aromatic carbocycles. The summed E-state index contributed by atoms with van der Waals surface area (Å²) in [6.07, 6.45) is 0. The second kappa shape index (κ2) is 7.06. The normalized spacial score (nSPS) is 13.0. The Labute approximate surface area is 129 Å². The van der Waals surface area contributed by atoms with Crippen LogP contribution in [0.1, 0.15) is 36.6 Å². The van der Waals surface area contributed by atoms with Crippen LogP contribution in [0.4, 0.5) is 0 Å². The van der Waals surface area contributed by atoms with E-state index in [1.54, 1.807) is 0 Å². The molecule has 3 heteroatoms. The van der Waals surface area contributed by atoms with Crippen molar-refractivity contribution in [3.05, 3.63) is 53.1 Å². The maximum atomic E-state index is 10.3. The fourth-order valence-corrected chi connectivity index (χ4v) is 4.02. The van der Waals surface area contributed by atoms with Crippen molar-refractivity contribution in [1.29, 1.82) is 0 Å². The largest absolute Gasteiger partial charge is 0.507 e. The number of hydrogen-bond acceptors (Lipinski definition) is 2. The van der Waals surface area contributed by atoms with Crippen molar-refractivity contribution in [2.45, 2.75) is 33.7 Å². The Kier molecular flexibility index (Phi) is 5.39. The van der Waals surface area contributed by atoms with E-state index in [4.69, 9.17) is 0 Å². The second-order valence-corrected chi connectivity index (χ2v) is 6.70. The maximum absolute atomic E-state index is 10.3. The highest BCUT2D eigenvalue weighted by atomic mass is 31.1. The number of phenols is 1. The van der Waals surface area contributed by atoms with Gasteiger partial charge in [0.15, 0.2) is 0 Å². The average molecular weight is 301 g/mol.